The van der Waals surface area contributed by atoms with Crippen molar-refractivity contribution in [2.45, 2.75) is 39.7 Å². The molecule has 82 valence electrons. The highest BCUT2D eigenvalue weighted by molar-refractivity contribution is 5.76. The molecule has 2 heteroatoms. The molecule has 0 atom stereocenters. The minimum absolute atomic E-state index is 0.131. The Labute approximate surface area is 91.3 Å². The second-order valence-electron chi connectivity index (χ2n) is 4.27. The fourth-order valence-corrected chi connectivity index (χ4v) is 1.39. The lowest BCUT2D eigenvalue weighted by Gasteiger charge is -2.13. The molecule has 0 N–H and O–H groups in total. The lowest BCUT2D eigenvalue weighted by Crippen LogP contribution is -2.06. The number of ether oxygens (including phenoxy) is 1. The Balaban J connectivity index is 3.05. The van der Waals surface area contributed by atoms with Gasteiger partial charge in [0.2, 0.25) is 0 Å². The van der Waals surface area contributed by atoms with Crippen LogP contribution < -0.4 is 4.74 Å². The molecule has 0 unspecified atom stereocenters. The molecular weight excluding hydrogens is 188 g/mol. The Kier molecular flexibility index (Phi) is 3.89. The molecule has 0 spiro atoms. The minimum atomic E-state index is 0.131. The van der Waals surface area contributed by atoms with Gasteiger partial charge in [-0.15, -0.1) is 0 Å². The largest absolute Gasteiger partial charge is 0.491 e. The maximum absolute atomic E-state index is 10.8. The van der Waals surface area contributed by atoms with Crippen molar-refractivity contribution in [1.82, 2.24) is 0 Å². The van der Waals surface area contributed by atoms with Crippen LogP contribution in [0.25, 0.3) is 0 Å². The van der Waals surface area contributed by atoms with Crippen LogP contribution in [0, 0.1) is 0 Å². The van der Waals surface area contributed by atoms with Crippen molar-refractivity contribution in [3.8, 4) is 5.75 Å². The van der Waals surface area contributed by atoms with Crippen LogP contribution in [0.5, 0.6) is 5.75 Å². The van der Waals surface area contributed by atoms with Crippen LogP contribution in [-0.2, 0) is 0 Å². The summed E-state index contributed by atoms with van der Waals surface area (Å²) >= 11 is 0. The third-order valence-corrected chi connectivity index (χ3v) is 2.13. The first-order valence-corrected chi connectivity index (χ1v) is 5.29. The van der Waals surface area contributed by atoms with E-state index < -0.39 is 0 Å². The smallest absolute Gasteiger partial charge is 0.150 e. The van der Waals surface area contributed by atoms with Crippen molar-refractivity contribution in [3.05, 3.63) is 29.3 Å². The van der Waals surface area contributed by atoms with Gasteiger partial charge in [0, 0.05) is 5.56 Å². The van der Waals surface area contributed by atoms with Crippen molar-refractivity contribution in [2.75, 3.05) is 0 Å². The molecule has 0 aliphatic carbocycles. The Morgan fingerprint density at radius 3 is 2.27 bits per heavy atom. The van der Waals surface area contributed by atoms with Crippen LogP contribution in [0.4, 0.5) is 0 Å². The van der Waals surface area contributed by atoms with Gasteiger partial charge in [0.25, 0.3) is 0 Å². The monoisotopic (exact) mass is 206 g/mol. The summed E-state index contributed by atoms with van der Waals surface area (Å²) in [5.41, 5.74) is 1.81. The van der Waals surface area contributed by atoms with Gasteiger partial charge in [0.15, 0.2) is 0 Å². The van der Waals surface area contributed by atoms with E-state index in [-0.39, 0.29) is 6.10 Å². The predicted octanol–water partition coefficient (Wildman–Crippen LogP) is 3.41. The Bertz CT molecular complexity index is 340. The number of aldehydes is 1. The van der Waals surface area contributed by atoms with Crippen LogP contribution in [0.15, 0.2) is 18.2 Å². The number of carbonyl (C=O) groups is 1. The van der Waals surface area contributed by atoms with E-state index in [9.17, 15) is 4.79 Å². The molecule has 0 fully saturated rings. The van der Waals surface area contributed by atoms with E-state index in [1.54, 1.807) is 6.07 Å². The second kappa shape index (κ2) is 4.96. The molecule has 15 heavy (non-hydrogen) atoms. The van der Waals surface area contributed by atoms with Gasteiger partial charge in [-0.2, -0.15) is 0 Å². The fraction of sp³-hybridized carbons (Fsp3) is 0.462. The Hall–Kier alpha value is -1.31. The summed E-state index contributed by atoms with van der Waals surface area (Å²) in [5, 5.41) is 0. The van der Waals surface area contributed by atoms with E-state index in [1.807, 2.05) is 26.0 Å². The quantitative estimate of drug-likeness (QED) is 0.706. The zero-order valence-electron chi connectivity index (χ0n) is 9.78. The zero-order valence-corrected chi connectivity index (χ0v) is 9.78. The van der Waals surface area contributed by atoms with E-state index in [1.165, 1.54) is 0 Å². The van der Waals surface area contributed by atoms with Gasteiger partial charge in [0.05, 0.1) is 6.10 Å². The Morgan fingerprint density at radius 2 is 1.80 bits per heavy atom. The molecule has 1 aromatic carbocycles. The average molecular weight is 206 g/mol. The topological polar surface area (TPSA) is 26.3 Å². The van der Waals surface area contributed by atoms with Crippen LogP contribution >= 0.6 is 0 Å². The predicted molar refractivity (Wildman–Crippen MR) is 61.7 cm³/mol. The van der Waals surface area contributed by atoms with Crippen LogP contribution in [0.2, 0.25) is 0 Å². The summed E-state index contributed by atoms with van der Waals surface area (Å²) < 4.78 is 5.59. The summed E-state index contributed by atoms with van der Waals surface area (Å²) in [6, 6.07) is 5.68. The molecule has 0 aliphatic rings. The van der Waals surface area contributed by atoms with E-state index >= 15 is 0 Å². The molecule has 1 aromatic rings. The molecule has 0 bridgehead atoms. The summed E-state index contributed by atoms with van der Waals surface area (Å²) in [4.78, 5) is 10.8. The van der Waals surface area contributed by atoms with Crippen LogP contribution in [0.3, 0.4) is 0 Å². The molecule has 0 saturated heterocycles. The highest BCUT2D eigenvalue weighted by atomic mass is 16.5. The molecular formula is C13H18O2. The first-order valence-electron chi connectivity index (χ1n) is 5.29. The highest BCUT2D eigenvalue weighted by Gasteiger charge is 2.06. The zero-order chi connectivity index (χ0) is 11.4. The molecule has 0 amide bonds. The van der Waals surface area contributed by atoms with Crippen molar-refractivity contribution < 1.29 is 9.53 Å². The Morgan fingerprint density at radius 1 is 1.13 bits per heavy atom. The van der Waals surface area contributed by atoms with Crippen molar-refractivity contribution in [1.29, 1.82) is 0 Å². The number of carbonyl (C=O) groups excluding carboxylic acids is 1. The number of rotatable bonds is 4. The molecule has 0 heterocycles. The molecule has 0 aliphatic heterocycles. The second-order valence-corrected chi connectivity index (χ2v) is 4.27. The van der Waals surface area contributed by atoms with E-state index in [4.69, 9.17) is 4.74 Å². The van der Waals surface area contributed by atoms with Crippen molar-refractivity contribution >= 4 is 6.29 Å². The van der Waals surface area contributed by atoms with Crippen LogP contribution in [0.1, 0.15) is 49.5 Å². The molecule has 1 rings (SSSR count). The maximum Gasteiger partial charge on any atom is 0.150 e. The van der Waals surface area contributed by atoms with Gasteiger partial charge >= 0.3 is 0 Å². The van der Waals surface area contributed by atoms with E-state index in [0.717, 1.165) is 17.6 Å². The lowest BCUT2D eigenvalue weighted by atomic mass is 10.0. The summed E-state index contributed by atoms with van der Waals surface area (Å²) in [6.45, 7) is 8.15. The minimum Gasteiger partial charge on any atom is -0.491 e. The van der Waals surface area contributed by atoms with Gasteiger partial charge in [-0.3, -0.25) is 4.79 Å². The number of hydrogen-bond acceptors (Lipinski definition) is 2. The summed E-state index contributed by atoms with van der Waals surface area (Å²) in [7, 11) is 0. The van der Waals surface area contributed by atoms with Crippen molar-refractivity contribution in [3.63, 3.8) is 0 Å². The van der Waals surface area contributed by atoms with E-state index in [2.05, 4.69) is 13.8 Å². The maximum atomic E-state index is 10.8. The molecule has 0 saturated carbocycles. The van der Waals surface area contributed by atoms with Gasteiger partial charge in [-0.05, 0) is 43.5 Å². The normalized spacial score (nSPS) is 10.8. The SMILES string of the molecule is CC(C)Oc1cc(C=O)cc(C(C)C)c1. The lowest BCUT2D eigenvalue weighted by molar-refractivity contribution is 0.112. The average Bonchev–Trinajstić information content (AvgIpc) is 2.16. The van der Waals surface area contributed by atoms with E-state index in [0.29, 0.717) is 11.5 Å². The van der Waals surface area contributed by atoms with Gasteiger partial charge < -0.3 is 4.74 Å². The first-order chi connectivity index (χ1) is 7.02. The number of benzene rings is 1. The van der Waals surface area contributed by atoms with Crippen molar-refractivity contribution in [2.24, 2.45) is 0 Å². The third kappa shape index (κ3) is 3.39. The first kappa shape index (κ1) is 11.8. The van der Waals surface area contributed by atoms with Crippen LogP contribution in [-0.4, -0.2) is 12.4 Å². The summed E-state index contributed by atoms with van der Waals surface area (Å²) in [5.74, 6) is 1.18. The number of hydrogen-bond donors (Lipinski definition) is 0. The van der Waals surface area contributed by atoms with Gasteiger partial charge in [0.1, 0.15) is 12.0 Å². The highest BCUT2D eigenvalue weighted by Crippen LogP contribution is 2.23. The molecule has 0 aromatic heterocycles. The fourth-order valence-electron chi connectivity index (χ4n) is 1.39. The van der Waals surface area contributed by atoms with Gasteiger partial charge in [-0.25, -0.2) is 0 Å². The summed E-state index contributed by atoms with van der Waals surface area (Å²) in [6.07, 6.45) is 0.992. The third-order valence-electron chi connectivity index (χ3n) is 2.13. The molecule has 2 nitrogen and oxygen atoms in total. The van der Waals surface area contributed by atoms with Gasteiger partial charge in [-0.1, -0.05) is 13.8 Å². The molecule has 0 radical (unpaired) electrons. The standard InChI is InChI=1S/C13H18O2/c1-9(2)12-5-11(8-14)6-13(7-12)15-10(3)4/h5-10H,1-4H3.